The highest BCUT2D eigenvalue weighted by Gasteiger charge is 2.32. The van der Waals surface area contributed by atoms with Crippen molar-refractivity contribution in [3.8, 4) is 11.1 Å². The van der Waals surface area contributed by atoms with E-state index in [-0.39, 0.29) is 18.4 Å². The second-order valence-corrected chi connectivity index (χ2v) is 7.62. The van der Waals surface area contributed by atoms with Gasteiger partial charge >= 0.3 is 6.09 Å². The molecule has 3 heterocycles. The zero-order valence-corrected chi connectivity index (χ0v) is 17.5. The maximum Gasteiger partial charge on any atom is 0.414 e. The minimum Gasteiger partial charge on any atom is -0.444 e. The molecular formula is C22H22FN5O4. The average Bonchev–Trinajstić information content (AvgIpc) is 3.18. The number of anilines is 2. The number of hydrogen-bond donors (Lipinski definition) is 0. The molecule has 0 aliphatic carbocycles. The molecule has 2 aromatic rings. The van der Waals surface area contributed by atoms with Crippen LogP contribution in [-0.2, 0) is 14.3 Å². The highest BCUT2D eigenvalue weighted by molar-refractivity contribution is 5.90. The van der Waals surface area contributed by atoms with Crippen LogP contribution in [-0.4, -0.2) is 60.4 Å². The number of Topliss-reactive ketones (excluding diaryl/α,β-unsaturated/α-hetero) is 1. The zero-order chi connectivity index (χ0) is 22.7. The molecule has 4 rings (SSSR count). The van der Waals surface area contributed by atoms with E-state index in [4.69, 9.17) is 4.74 Å². The van der Waals surface area contributed by atoms with Crippen molar-refractivity contribution in [2.45, 2.75) is 25.9 Å². The number of hydrogen-bond acceptors (Lipinski definition) is 7. The van der Waals surface area contributed by atoms with Crippen molar-refractivity contribution >= 4 is 36.1 Å². The number of nitrogens with zero attached hydrogens (tertiary/aromatic N) is 5. The molecule has 1 saturated heterocycles. The zero-order valence-electron chi connectivity index (χ0n) is 17.5. The van der Waals surface area contributed by atoms with Crippen molar-refractivity contribution in [2.24, 2.45) is 5.10 Å². The lowest BCUT2D eigenvalue weighted by Crippen LogP contribution is -2.37. The van der Waals surface area contributed by atoms with Crippen molar-refractivity contribution in [3.63, 3.8) is 0 Å². The number of carbonyl (C=O) groups excluding carboxylic acids is 3. The van der Waals surface area contributed by atoms with Crippen LogP contribution in [0.1, 0.15) is 19.8 Å². The molecular weight excluding hydrogens is 417 g/mol. The molecule has 166 valence electrons. The summed E-state index contributed by atoms with van der Waals surface area (Å²) in [5.41, 5.74) is 1.34. The summed E-state index contributed by atoms with van der Waals surface area (Å²) in [7, 11) is 0. The molecule has 1 aromatic heterocycles. The first kappa shape index (κ1) is 21.4. The molecule has 32 heavy (non-hydrogen) atoms. The van der Waals surface area contributed by atoms with Gasteiger partial charge in [0.1, 0.15) is 29.9 Å². The number of hydrazone groups is 1. The molecule has 2 aliphatic rings. The Balaban J connectivity index is 1.46. The quantitative estimate of drug-likeness (QED) is 0.616. The molecule has 2 amide bonds. The van der Waals surface area contributed by atoms with E-state index in [1.165, 1.54) is 29.2 Å². The van der Waals surface area contributed by atoms with E-state index in [0.717, 1.165) is 0 Å². The molecule has 0 N–H and O–H groups in total. The average molecular weight is 439 g/mol. The Kier molecular flexibility index (Phi) is 6.11. The van der Waals surface area contributed by atoms with Crippen molar-refractivity contribution in [1.82, 2.24) is 9.99 Å². The summed E-state index contributed by atoms with van der Waals surface area (Å²) in [5, 5.41) is 5.28. The van der Waals surface area contributed by atoms with Gasteiger partial charge in [-0.15, -0.1) is 0 Å². The third kappa shape index (κ3) is 4.58. The van der Waals surface area contributed by atoms with E-state index in [9.17, 15) is 18.8 Å². The van der Waals surface area contributed by atoms with E-state index in [2.05, 4.69) is 10.1 Å². The van der Waals surface area contributed by atoms with E-state index >= 15 is 0 Å². The minimum absolute atomic E-state index is 0.0324. The standard InChI is InChI=1S/C22H22FN5O4/c1-15(30)2-5-18-12-28(22(31)32-18)17-4-6-19(20(23)10-17)16-3-7-21(24-11-16)26-8-9-27(14-29)25-13-26/h3-4,6-7,10-11,13-14,18H,2,5,8-9,12H2,1H3/t18-/m0/s1. The van der Waals surface area contributed by atoms with Crippen LogP contribution in [0.15, 0.2) is 41.6 Å². The summed E-state index contributed by atoms with van der Waals surface area (Å²) in [6.07, 6.45) is 3.59. The maximum absolute atomic E-state index is 14.9. The predicted octanol–water partition coefficient (Wildman–Crippen LogP) is 2.80. The van der Waals surface area contributed by atoms with Crippen LogP contribution >= 0.6 is 0 Å². The number of benzene rings is 1. The third-order valence-corrected chi connectivity index (χ3v) is 5.34. The Morgan fingerprint density at radius 3 is 2.75 bits per heavy atom. The number of cyclic esters (lactones) is 1. The maximum atomic E-state index is 14.9. The second-order valence-electron chi connectivity index (χ2n) is 7.62. The molecule has 1 aromatic carbocycles. The SMILES string of the molecule is CC(=O)CC[C@H]1CN(c2ccc(-c3ccc(N4C=NN(C=O)CC4)nc3)c(F)c2)C(=O)O1. The minimum atomic E-state index is -0.548. The molecule has 10 heteroatoms. The number of ketones is 1. The number of halogens is 1. The monoisotopic (exact) mass is 439 g/mol. The van der Waals surface area contributed by atoms with Gasteiger partial charge in [0.05, 0.1) is 18.8 Å². The summed E-state index contributed by atoms with van der Waals surface area (Å²) in [4.78, 5) is 41.6. The number of ether oxygens (including phenoxy) is 1. The van der Waals surface area contributed by atoms with Crippen LogP contribution < -0.4 is 9.80 Å². The highest BCUT2D eigenvalue weighted by atomic mass is 19.1. The Morgan fingerprint density at radius 1 is 1.28 bits per heavy atom. The number of carbonyl (C=O) groups is 3. The number of rotatable bonds is 7. The number of amides is 2. The molecule has 0 saturated carbocycles. The van der Waals surface area contributed by atoms with Crippen molar-refractivity contribution in [2.75, 3.05) is 29.4 Å². The summed E-state index contributed by atoms with van der Waals surface area (Å²) >= 11 is 0. The fraction of sp³-hybridized carbons (Fsp3) is 0.318. The van der Waals surface area contributed by atoms with E-state index in [1.807, 2.05) is 0 Å². The smallest absolute Gasteiger partial charge is 0.414 e. The molecule has 0 radical (unpaired) electrons. The molecule has 0 unspecified atom stereocenters. The molecule has 1 atom stereocenters. The van der Waals surface area contributed by atoms with Crippen LogP contribution in [0, 0.1) is 5.82 Å². The first-order chi connectivity index (χ1) is 15.4. The topological polar surface area (TPSA) is 95.4 Å². The largest absolute Gasteiger partial charge is 0.444 e. The predicted molar refractivity (Wildman–Crippen MR) is 116 cm³/mol. The molecule has 2 aliphatic heterocycles. The van der Waals surface area contributed by atoms with Gasteiger partial charge < -0.3 is 14.4 Å². The van der Waals surface area contributed by atoms with Gasteiger partial charge in [-0.2, -0.15) is 5.10 Å². The van der Waals surface area contributed by atoms with E-state index in [1.54, 1.807) is 35.4 Å². The van der Waals surface area contributed by atoms with Gasteiger partial charge in [-0.25, -0.2) is 19.2 Å². The molecule has 1 fully saturated rings. The third-order valence-electron chi connectivity index (χ3n) is 5.34. The van der Waals surface area contributed by atoms with Crippen molar-refractivity contribution in [1.29, 1.82) is 0 Å². The van der Waals surface area contributed by atoms with E-state index < -0.39 is 11.9 Å². The summed E-state index contributed by atoms with van der Waals surface area (Å²) in [6.45, 7) is 2.77. The molecule has 9 nitrogen and oxygen atoms in total. The van der Waals surface area contributed by atoms with Gasteiger partial charge in [0, 0.05) is 30.3 Å². The van der Waals surface area contributed by atoms with Gasteiger partial charge in [0.2, 0.25) is 6.41 Å². The Morgan fingerprint density at radius 2 is 2.12 bits per heavy atom. The lowest BCUT2D eigenvalue weighted by Gasteiger charge is -2.25. The highest BCUT2D eigenvalue weighted by Crippen LogP contribution is 2.30. The van der Waals surface area contributed by atoms with Crippen LogP contribution in [0.2, 0.25) is 0 Å². The lowest BCUT2D eigenvalue weighted by atomic mass is 10.1. The normalized spacial score (nSPS) is 18.1. The number of aromatic nitrogens is 1. The van der Waals surface area contributed by atoms with Gasteiger partial charge in [-0.3, -0.25) is 9.69 Å². The summed E-state index contributed by atoms with van der Waals surface area (Å²) in [6, 6.07) is 8.06. The summed E-state index contributed by atoms with van der Waals surface area (Å²) in [5.74, 6) is 0.180. The van der Waals surface area contributed by atoms with E-state index in [0.29, 0.717) is 55.0 Å². The Bertz CT molecular complexity index is 1060. The Hall–Kier alpha value is -3.82. The van der Waals surface area contributed by atoms with Crippen molar-refractivity contribution in [3.05, 3.63) is 42.3 Å². The second kappa shape index (κ2) is 9.13. The molecule has 0 bridgehead atoms. The van der Waals surface area contributed by atoms with Crippen LogP contribution in [0.5, 0.6) is 0 Å². The Labute approximate surface area is 184 Å². The first-order valence-electron chi connectivity index (χ1n) is 10.2. The van der Waals surface area contributed by atoms with Gasteiger partial charge in [-0.1, -0.05) is 0 Å². The first-order valence-corrected chi connectivity index (χ1v) is 10.2. The summed E-state index contributed by atoms with van der Waals surface area (Å²) < 4.78 is 20.2. The molecule has 0 spiro atoms. The number of pyridine rings is 1. The van der Waals surface area contributed by atoms with Crippen LogP contribution in [0.4, 0.5) is 20.7 Å². The van der Waals surface area contributed by atoms with Gasteiger partial charge in [-0.05, 0) is 43.7 Å². The van der Waals surface area contributed by atoms with Crippen LogP contribution in [0.3, 0.4) is 0 Å². The lowest BCUT2D eigenvalue weighted by molar-refractivity contribution is -0.118. The van der Waals surface area contributed by atoms with Gasteiger partial charge in [0.15, 0.2) is 0 Å². The van der Waals surface area contributed by atoms with Crippen LogP contribution in [0.25, 0.3) is 11.1 Å². The fourth-order valence-corrected chi connectivity index (χ4v) is 3.58. The fourth-order valence-electron chi connectivity index (χ4n) is 3.58. The van der Waals surface area contributed by atoms with Crippen molar-refractivity contribution < 1.29 is 23.5 Å². The van der Waals surface area contributed by atoms with Gasteiger partial charge in [0.25, 0.3) is 0 Å².